The van der Waals surface area contributed by atoms with Crippen LogP contribution >= 0.6 is 23.4 Å². The van der Waals surface area contributed by atoms with Gasteiger partial charge in [0, 0.05) is 54.6 Å². The Morgan fingerprint density at radius 3 is 2.76 bits per heavy atom. The lowest BCUT2D eigenvalue weighted by atomic mass is 10.4. The molecule has 9 heteroatoms. The number of fused-ring (bicyclic) bond motifs is 2. The maximum atomic E-state index is 9.74. The van der Waals surface area contributed by atoms with E-state index in [0.717, 1.165) is 34.5 Å². The lowest BCUT2D eigenvalue weighted by Crippen LogP contribution is -2.28. The van der Waals surface area contributed by atoms with Gasteiger partial charge in [0.1, 0.15) is 5.82 Å². The summed E-state index contributed by atoms with van der Waals surface area (Å²) in [4.78, 5) is 17.0. The van der Waals surface area contributed by atoms with Gasteiger partial charge in [-0.2, -0.15) is 0 Å². The van der Waals surface area contributed by atoms with Crippen molar-refractivity contribution in [3.05, 3.63) is 35.9 Å². The molecule has 3 aromatic heterocycles. The maximum absolute atomic E-state index is 9.74. The molecule has 0 unspecified atom stereocenters. The number of nitrogens with zero attached hydrogens (tertiary/aromatic N) is 5. The van der Waals surface area contributed by atoms with Crippen LogP contribution in [0.2, 0.25) is 5.02 Å². The fourth-order valence-corrected chi connectivity index (χ4v) is 4.62. The average molecular weight is 375 g/mol. The van der Waals surface area contributed by atoms with Crippen LogP contribution in [0, 0.1) is 11.8 Å². The topological polar surface area (TPSA) is 92.6 Å². The Labute approximate surface area is 152 Å². The summed E-state index contributed by atoms with van der Waals surface area (Å²) in [5.74, 6) is 1.93. The van der Waals surface area contributed by atoms with E-state index in [0.29, 0.717) is 22.7 Å². The van der Waals surface area contributed by atoms with Crippen molar-refractivity contribution in [2.75, 3.05) is 23.7 Å². The van der Waals surface area contributed by atoms with Crippen LogP contribution in [-0.4, -0.2) is 43.7 Å². The highest BCUT2D eigenvalue weighted by molar-refractivity contribution is 7.99. The third-order valence-corrected chi connectivity index (χ3v) is 6.48. The highest BCUT2D eigenvalue weighted by Gasteiger charge is 2.55. The van der Waals surface area contributed by atoms with E-state index >= 15 is 0 Å². The first-order valence-electron chi connectivity index (χ1n) is 7.96. The van der Waals surface area contributed by atoms with E-state index in [1.807, 2.05) is 22.9 Å². The van der Waals surface area contributed by atoms with Crippen molar-refractivity contribution in [1.82, 2.24) is 19.4 Å². The molecule has 3 atom stereocenters. The largest absolute Gasteiger partial charge is 0.392 e. The second-order valence-corrected chi connectivity index (χ2v) is 7.84. The zero-order valence-corrected chi connectivity index (χ0v) is 14.7. The van der Waals surface area contributed by atoms with Crippen LogP contribution in [0.1, 0.15) is 0 Å². The van der Waals surface area contributed by atoms with Crippen molar-refractivity contribution in [3.63, 3.8) is 0 Å². The zero-order chi connectivity index (χ0) is 17.1. The summed E-state index contributed by atoms with van der Waals surface area (Å²) < 4.78 is 1.98. The van der Waals surface area contributed by atoms with Gasteiger partial charge in [-0.1, -0.05) is 23.4 Å². The van der Waals surface area contributed by atoms with Gasteiger partial charge in [-0.25, -0.2) is 15.0 Å². The van der Waals surface area contributed by atoms with Crippen molar-refractivity contribution in [3.8, 4) is 0 Å². The van der Waals surface area contributed by atoms with Gasteiger partial charge in [0.25, 0.3) is 0 Å². The smallest absolute Gasteiger partial charge is 0.211 e. The molecule has 3 N–H and O–H groups in total. The van der Waals surface area contributed by atoms with Gasteiger partial charge >= 0.3 is 0 Å². The minimum Gasteiger partial charge on any atom is -0.392 e. The molecule has 25 heavy (non-hydrogen) atoms. The quantitative estimate of drug-likeness (QED) is 0.723. The molecular formula is C16H15ClN6OS. The molecule has 2 fully saturated rings. The summed E-state index contributed by atoms with van der Waals surface area (Å²) in [6.45, 7) is 1.68. The number of pyridine rings is 1. The number of imidazole rings is 1. The number of anilines is 2. The number of hydrogen-bond acceptors (Lipinski definition) is 7. The van der Waals surface area contributed by atoms with E-state index < -0.39 is 0 Å². The molecule has 7 nitrogen and oxygen atoms in total. The average Bonchev–Trinajstić information content (AvgIpc) is 3.06. The minimum absolute atomic E-state index is 0.136. The van der Waals surface area contributed by atoms with Crippen LogP contribution in [0.15, 0.2) is 40.6 Å². The Morgan fingerprint density at radius 2 is 1.96 bits per heavy atom. The van der Waals surface area contributed by atoms with Crippen molar-refractivity contribution >= 4 is 40.8 Å². The van der Waals surface area contributed by atoms with E-state index in [1.54, 1.807) is 12.4 Å². The molecule has 0 spiro atoms. The van der Waals surface area contributed by atoms with Crippen LogP contribution in [-0.2, 0) is 0 Å². The van der Waals surface area contributed by atoms with Gasteiger partial charge in [-0.05, 0) is 6.07 Å². The summed E-state index contributed by atoms with van der Waals surface area (Å²) in [7, 11) is 0. The molecule has 3 aromatic rings. The first-order chi connectivity index (χ1) is 12.1. The number of nitrogens with two attached hydrogens (primary N) is 1. The van der Waals surface area contributed by atoms with E-state index in [4.69, 9.17) is 17.3 Å². The monoisotopic (exact) mass is 374 g/mol. The Kier molecular flexibility index (Phi) is 3.34. The lowest BCUT2D eigenvalue weighted by Gasteiger charge is -2.21. The van der Waals surface area contributed by atoms with Crippen LogP contribution in [0.4, 0.5) is 11.8 Å². The maximum Gasteiger partial charge on any atom is 0.211 e. The zero-order valence-electron chi connectivity index (χ0n) is 13.1. The number of hydrogen-bond donors (Lipinski definition) is 2. The first-order valence-corrected chi connectivity index (χ1v) is 9.16. The van der Waals surface area contributed by atoms with Crippen LogP contribution in [0.5, 0.6) is 0 Å². The van der Waals surface area contributed by atoms with Gasteiger partial charge in [-0.3, -0.25) is 4.40 Å². The summed E-state index contributed by atoms with van der Waals surface area (Å²) in [6, 6.07) is 1.83. The predicted molar refractivity (Wildman–Crippen MR) is 96.0 cm³/mol. The van der Waals surface area contributed by atoms with E-state index in [-0.39, 0.29) is 6.10 Å². The second-order valence-electron chi connectivity index (χ2n) is 6.38. The molecule has 5 rings (SSSR count). The number of halogens is 1. The van der Waals surface area contributed by atoms with Crippen LogP contribution in [0.25, 0.3) is 5.65 Å². The summed E-state index contributed by atoms with van der Waals surface area (Å²) in [5, 5.41) is 10.2. The Balaban J connectivity index is 1.50. The molecule has 2 aliphatic rings. The van der Waals surface area contributed by atoms with Crippen LogP contribution in [0.3, 0.4) is 0 Å². The number of aliphatic hydroxyl groups is 1. The van der Waals surface area contributed by atoms with Crippen molar-refractivity contribution in [2.45, 2.75) is 15.9 Å². The third kappa shape index (κ3) is 2.36. The number of aromatic nitrogens is 4. The summed E-state index contributed by atoms with van der Waals surface area (Å²) in [5.41, 5.74) is 6.60. The Hall–Kier alpha value is -2.03. The van der Waals surface area contributed by atoms with Gasteiger partial charge in [0.15, 0.2) is 5.65 Å². The van der Waals surface area contributed by atoms with Gasteiger partial charge in [-0.15, -0.1) is 0 Å². The fourth-order valence-electron chi connectivity index (χ4n) is 3.49. The second kappa shape index (κ2) is 5.48. The molecule has 1 saturated heterocycles. The third-order valence-electron chi connectivity index (χ3n) is 4.91. The van der Waals surface area contributed by atoms with Gasteiger partial charge in [0.2, 0.25) is 5.95 Å². The molecule has 1 saturated carbocycles. The standard InChI is InChI=1S/C16H15ClN6OS/c17-12-10(1-2-19-14(12)18)25-11-5-21-16(23-4-3-20-15(11)23)22-6-8-9(7-22)13(8)24/h1-5,8-9,13,24H,6-7H2,(H2,18,19)/t8-,9+,13+. The molecule has 128 valence electrons. The molecule has 0 aromatic carbocycles. The summed E-state index contributed by atoms with van der Waals surface area (Å²) in [6.07, 6.45) is 6.98. The fraction of sp³-hybridized carbons (Fsp3) is 0.312. The predicted octanol–water partition coefficient (Wildman–Crippen LogP) is 1.94. The summed E-state index contributed by atoms with van der Waals surface area (Å²) >= 11 is 7.72. The van der Waals surface area contributed by atoms with Crippen molar-refractivity contribution in [1.29, 1.82) is 0 Å². The number of nitrogen functional groups attached to an aromatic ring is 1. The van der Waals surface area contributed by atoms with E-state index in [1.165, 1.54) is 11.8 Å². The van der Waals surface area contributed by atoms with Crippen molar-refractivity contribution in [2.24, 2.45) is 11.8 Å². The molecule has 1 aliphatic carbocycles. The van der Waals surface area contributed by atoms with Crippen molar-refractivity contribution < 1.29 is 5.11 Å². The van der Waals surface area contributed by atoms with E-state index in [9.17, 15) is 5.11 Å². The first kappa shape index (κ1) is 15.2. The number of rotatable bonds is 3. The van der Waals surface area contributed by atoms with Gasteiger partial charge in [0.05, 0.1) is 16.0 Å². The van der Waals surface area contributed by atoms with Gasteiger partial charge < -0.3 is 15.7 Å². The minimum atomic E-state index is -0.136. The molecule has 4 heterocycles. The highest BCUT2D eigenvalue weighted by Crippen LogP contribution is 2.46. The molecule has 0 amide bonds. The molecule has 0 radical (unpaired) electrons. The highest BCUT2D eigenvalue weighted by atomic mass is 35.5. The normalized spacial score (nSPS) is 24.7. The number of piperidine rings is 1. The molecule has 1 aliphatic heterocycles. The van der Waals surface area contributed by atoms with E-state index in [2.05, 4.69) is 19.9 Å². The van der Waals surface area contributed by atoms with Crippen LogP contribution < -0.4 is 10.6 Å². The number of aliphatic hydroxyl groups excluding tert-OH is 1. The lowest BCUT2D eigenvalue weighted by molar-refractivity contribution is 0.241. The molecular weight excluding hydrogens is 360 g/mol. The Morgan fingerprint density at radius 1 is 1.16 bits per heavy atom. The SMILES string of the molecule is Nc1nccc(Sc2cnc(N3C[C@@H]4[C@@H](O)[C@@H]4C3)n3ccnc23)c1Cl. The Bertz CT molecular complexity index is 966. The molecule has 0 bridgehead atoms.